The van der Waals surface area contributed by atoms with Crippen LogP contribution in [0.15, 0.2) is 0 Å². The normalized spacial score (nSPS) is 11.9. The molecule has 1 amide bonds. The summed E-state index contributed by atoms with van der Waals surface area (Å²) in [5, 5.41) is 10.9. The second-order valence-electron chi connectivity index (χ2n) is 2.29. The largest absolute Gasteiger partial charge is 0.467 e. The van der Waals surface area contributed by atoms with E-state index in [-0.39, 0.29) is 18.9 Å². The molecular weight excluding hydrogens is 162 g/mol. The average Bonchev–Trinajstić information content (AvgIpc) is 2.01. The fourth-order valence-electron chi connectivity index (χ4n) is 0.766. The van der Waals surface area contributed by atoms with E-state index in [0.717, 1.165) is 0 Å². The smallest absolute Gasteiger partial charge is 0.328 e. The Morgan fingerprint density at radius 3 is 2.50 bits per heavy atom. The lowest BCUT2D eigenvalue weighted by Gasteiger charge is -2.13. The third-order valence-electron chi connectivity index (χ3n) is 1.28. The van der Waals surface area contributed by atoms with E-state index in [4.69, 9.17) is 5.11 Å². The lowest BCUT2D eigenvalue weighted by Crippen LogP contribution is -2.40. The van der Waals surface area contributed by atoms with Gasteiger partial charge >= 0.3 is 5.97 Å². The van der Waals surface area contributed by atoms with Gasteiger partial charge in [-0.1, -0.05) is 0 Å². The Labute approximate surface area is 70.7 Å². The van der Waals surface area contributed by atoms with Crippen LogP contribution in [0.25, 0.3) is 0 Å². The summed E-state index contributed by atoms with van der Waals surface area (Å²) in [6, 6.07) is -0.738. The van der Waals surface area contributed by atoms with Gasteiger partial charge in [0.25, 0.3) is 0 Å². The average molecular weight is 175 g/mol. The van der Waals surface area contributed by atoms with Gasteiger partial charge in [0.1, 0.15) is 6.04 Å². The Bertz CT molecular complexity index is 169. The number of nitrogens with one attached hydrogen (secondary N) is 1. The highest BCUT2D eigenvalue weighted by molar-refractivity contribution is 5.83. The van der Waals surface area contributed by atoms with E-state index in [2.05, 4.69) is 10.1 Å². The Balaban J connectivity index is 4.02. The number of aliphatic hydroxyl groups excluding tert-OH is 1. The highest BCUT2D eigenvalue weighted by atomic mass is 16.5. The molecule has 0 fully saturated rings. The van der Waals surface area contributed by atoms with E-state index < -0.39 is 12.0 Å². The number of carbonyl (C=O) groups is 2. The van der Waals surface area contributed by atoms with Gasteiger partial charge < -0.3 is 15.2 Å². The van der Waals surface area contributed by atoms with E-state index in [1.54, 1.807) is 0 Å². The molecule has 0 aliphatic carbocycles. The summed E-state index contributed by atoms with van der Waals surface area (Å²) in [4.78, 5) is 21.4. The maximum Gasteiger partial charge on any atom is 0.328 e. The van der Waals surface area contributed by atoms with Crippen molar-refractivity contribution in [2.75, 3.05) is 13.7 Å². The van der Waals surface area contributed by atoms with Gasteiger partial charge in [0, 0.05) is 20.0 Å². The summed E-state index contributed by atoms with van der Waals surface area (Å²) in [7, 11) is 1.23. The van der Waals surface area contributed by atoms with Crippen molar-refractivity contribution in [1.82, 2.24) is 5.32 Å². The molecule has 5 heteroatoms. The first-order valence-electron chi connectivity index (χ1n) is 3.57. The van der Waals surface area contributed by atoms with Crippen LogP contribution in [0.2, 0.25) is 0 Å². The summed E-state index contributed by atoms with van der Waals surface area (Å²) in [6.07, 6.45) is 0.173. The monoisotopic (exact) mass is 175 g/mol. The molecule has 0 aliphatic rings. The third-order valence-corrected chi connectivity index (χ3v) is 1.28. The molecule has 0 saturated carbocycles. The molecule has 0 heterocycles. The SMILES string of the molecule is COC(=O)C(CCO)NC(C)=O. The number of aliphatic hydroxyl groups is 1. The number of ether oxygens (including phenoxy) is 1. The molecule has 2 N–H and O–H groups in total. The topological polar surface area (TPSA) is 75.6 Å². The van der Waals surface area contributed by atoms with Crippen LogP contribution < -0.4 is 5.32 Å². The first kappa shape index (κ1) is 10.9. The summed E-state index contributed by atoms with van der Waals surface area (Å²) in [6.45, 7) is 1.13. The quantitative estimate of drug-likeness (QED) is 0.540. The molecule has 70 valence electrons. The number of hydrogen-bond donors (Lipinski definition) is 2. The minimum Gasteiger partial charge on any atom is -0.467 e. The summed E-state index contributed by atoms with van der Waals surface area (Å²) in [5.74, 6) is -0.863. The van der Waals surface area contributed by atoms with Gasteiger partial charge in [-0.2, -0.15) is 0 Å². The zero-order valence-electron chi connectivity index (χ0n) is 7.16. The molecular formula is C7H13NO4. The molecule has 0 spiro atoms. The summed E-state index contributed by atoms with van der Waals surface area (Å²) in [5.41, 5.74) is 0. The number of esters is 1. The van der Waals surface area contributed by atoms with Crippen LogP contribution in [-0.2, 0) is 14.3 Å². The summed E-state index contributed by atoms with van der Waals surface area (Å²) >= 11 is 0. The standard InChI is InChI=1S/C7H13NO4/c1-5(10)8-6(3-4-9)7(11)12-2/h6,9H,3-4H2,1-2H3,(H,8,10). The summed E-state index contributed by atoms with van der Waals surface area (Å²) < 4.78 is 4.40. The Kier molecular flexibility index (Phi) is 5.03. The van der Waals surface area contributed by atoms with Crippen molar-refractivity contribution in [3.8, 4) is 0 Å². The molecule has 0 aromatic heterocycles. The van der Waals surface area contributed by atoms with Crippen molar-refractivity contribution in [2.45, 2.75) is 19.4 Å². The first-order valence-corrected chi connectivity index (χ1v) is 3.57. The van der Waals surface area contributed by atoms with Crippen LogP contribution >= 0.6 is 0 Å². The molecule has 0 rings (SSSR count). The Morgan fingerprint density at radius 2 is 2.17 bits per heavy atom. The zero-order valence-corrected chi connectivity index (χ0v) is 7.16. The first-order chi connectivity index (χ1) is 5.61. The molecule has 0 saturated heterocycles. The number of amides is 1. The molecule has 0 aromatic rings. The third kappa shape index (κ3) is 3.92. The second-order valence-corrected chi connectivity index (χ2v) is 2.29. The van der Waals surface area contributed by atoms with E-state index in [9.17, 15) is 9.59 Å². The minimum atomic E-state index is -0.738. The maximum absolute atomic E-state index is 10.9. The van der Waals surface area contributed by atoms with Crippen LogP contribution in [-0.4, -0.2) is 36.7 Å². The zero-order chi connectivity index (χ0) is 9.56. The highest BCUT2D eigenvalue weighted by Crippen LogP contribution is 1.93. The highest BCUT2D eigenvalue weighted by Gasteiger charge is 2.18. The molecule has 1 atom stereocenters. The van der Waals surface area contributed by atoms with Gasteiger partial charge in [-0.15, -0.1) is 0 Å². The Hall–Kier alpha value is -1.10. The van der Waals surface area contributed by atoms with Gasteiger partial charge in [0.05, 0.1) is 7.11 Å². The number of carbonyl (C=O) groups excluding carboxylic acids is 2. The van der Waals surface area contributed by atoms with Crippen LogP contribution in [0.4, 0.5) is 0 Å². The van der Waals surface area contributed by atoms with Crippen LogP contribution in [0.3, 0.4) is 0 Å². The van der Waals surface area contributed by atoms with Crippen LogP contribution in [0.5, 0.6) is 0 Å². The lowest BCUT2D eigenvalue weighted by atomic mass is 10.2. The molecule has 0 aromatic carbocycles. The van der Waals surface area contributed by atoms with Crippen molar-refractivity contribution < 1.29 is 19.4 Å². The van der Waals surface area contributed by atoms with Crippen molar-refractivity contribution >= 4 is 11.9 Å². The predicted molar refractivity (Wildman–Crippen MR) is 41.3 cm³/mol. The van der Waals surface area contributed by atoms with Gasteiger partial charge in [-0.05, 0) is 0 Å². The molecule has 0 bridgehead atoms. The molecule has 12 heavy (non-hydrogen) atoms. The van der Waals surface area contributed by atoms with Crippen molar-refractivity contribution in [3.05, 3.63) is 0 Å². The fourth-order valence-corrected chi connectivity index (χ4v) is 0.766. The van der Waals surface area contributed by atoms with Gasteiger partial charge in [-0.3, -0.25) is 4.79 Å². The van der Waals surface area contributed by atoms with Gasteiger partial charge in [0.15, 0.2) is 0 Å². The van der Waals surface area contributed by atoms with Gasteiger partial charge in [0.2, 0.25) is 5.91 Å². The molecule has 1 unspecified atom stereocenters. The van der Waals surface area contributed by atoms with Crippen molar-refractivity contribution in [1.29, 1.82) is 0 Å². The lowest BCUT2D eigenvalue weighted by molar-refractivity contribution is -0.145. The van der Waals surface area contributed by atoms with Crippen molar-refractivity contribution in [2.24, 2.45) is 0 Å². The van der Waals surface area contributed by atoms with Crippen LogP contribution in [0.1, 0.15) is 13.3 Å². The van der Waals surface area contributed by atoms with Crippen molar-refractivity contribution in [3.63, 3.8) is 0 Å². The molecule has 0 radical (unpaired) electrons. The number of methoxy groups -OCH3 is 1. The fraction of sp³-hybridized carbons (Fsp3) is 0.714. The predicted octanol–water partition coefficient (Wildman–Crippen LogP) is -0.954. The van der Waals surface area contributed by atoms with Gasteiger partial charge in [-0.25, -0.2) is 4.79 Å². The maximum atomic E-state index is 10.9. The molecule has 5 nitrogen and oxygen atoms in total. The second kappa shape index (κ2) is 5.54. The van der Waals surface area contributed by atoms with Crippen LogP contribution in [0, 0.1) is 0 Å². The number of hydrogen-bond acceptors (Lipinski definition) is 4. The number of rotatable bonds is 4. The van der Waals surface area contributed by atoms with E-state index in [0.29, 0.717) is 0 Å². The van der Waals surface area contributed by atoms with E-state index in [1.165, 1.54) is 14.0 Å². The minimum absolute atomic E-state index is 0.167. The van der Waals surface area contributed by atoms with E-state index in [1.807, 2.05) is 0 Å². The Morgan fingerprint density at radius 1 is 1.58 bits per heavy atom. The van der Waals surface area contributed by atoms with E-state index >= 15 is 0 Å². The molecule has 0 aliphatic heterocycles.